The number of nitrogens with one attached hydrogen (secondary N) is 1. The first-order valence-electron chi connectivity index (χ1n) is 8.67. The highest BCUT2D eigenvalue weighted by molar-refractivity contribution is 6.04. The molecule has 0 fully saturated rings. The molecular formula is C21H20F2N4. The third-order valence-corrected chi connectivity index (χ3v) is 4.34. The van der Waals surface area contributed by atoms with Gasteiger partial charge in [-0.25, -0.2) is 13.8 Å². The van der Waals surface area contributed by atoms with Gasteiger partial charge in [0, 0.05) is 29.1 Å². The van der Waals surface area contributed by atoms with Crippen molar-refractivity contribution in [2.75, 3.05) is 32.5 Å². The minimum Gasteiger partial charge on any atom is -0.370 e. The summed E-state index contributed by atoms with van der Waals surface area (Å²) in [6.45, 7) is 1.68. The number of anilines is 1. The van der Waals surface area contributed by atoms with E-state index in [4.69, 9.17) is 0 Å². The van der Waals surface area contributed by atoms with Crippen molar-refractivity contribution in [3.05, 3.63) is 59.8 Å². The van der Waals surface area contributed by atoms with E-state index in [1.54, 1.807) is 18.3 Å². The predicted octanol–water partition coefficient (Wildman–Crippen LogP) is 4.42. The molecule has 3 rings (SSSR count). The molecule has 0 atom stereocenters. The van der Waals surface area contributed by atoms with Gasteiger partial charge in [0.15, 0.2) is 11.6 Å². The Hall–Kier alpha value is -3.04. The van der Waals surface area contributed by atoms with Crippen molar-refractivity contribution in [2.24, 2.45) is 0 Å². The van der Waals surface area contributed by atoms with Crippen LogP contribution in [-0.4, -0.2) is 37.1 Å². The maximum atomic E-state index is 13.7. The molecule has 0 spiro atoms. The SMILES string of the molecule is CN(C)CCCNc1ncc(-c2ccc(F)c(F)c2)c2c(C#N)cccc12. The molecule has 0 saturated carbocycles. The Morgan fingerprint density at radius 1 is 1.15 bits per heavy atom. The number of benzene rings is 2. The molecule has 0 aliphatic rings. The zero-order chi connectivity index (χ0) is 19.4. The van der Waals surface area contributed by atoms with E-state index < -0.39 is 11.6 Å². The van der Waals surface area contributed by atoms with E-state index >= 15 is 0 Å². The normalized spacial score (nSPS) is 11.0. The quantitative estimate of drug-likeness (QED) is 0.657. The second kappa shape index (κ2) is 8.11. The van der Waals surface area contributed by atoms with E-state index in [-0.39, 0.29) is 0 Å². The van der Waals surface area contributed by atoms with Crippen molar-refractivity contribution < 1.29 is 8.78 Å². The smallest absolute Gasteiger partial charge is 0.159 e. The number of halogens is 2. The Bertz CT molecular complexity index is 1010. The van der Waals surface area contributed by atoms with Crippen LogP contribution in [0.25, 0.3) is 21.9 Å². The van der Waals surface area contributed by atoms with Gasteiger partial charge in [0.2, 0.25) is 0 Å². The van der Waals surface area contributed by atoms with E-state index in [0.717, 1.165) is 37.0 Å². The third-order valence-electron chi connectivity index (χ3n) is 4.34. The Labute approximate surface area is 157 Å². The molecule has 0 saturated heterocycles. The zero-order valence-electron chi connectivity index (χ0n) is 15.3. The van der Waals surface area contributed by atoms with Crippen molar-refractivity contribution in [3.63, 3.8) is 0 Å². The number of nitriles is 1. The lowest BCUT2D eigenvalue weighted by atomic mass is 9.96. The number of rotatable bonds is 6. The summed E-state index contributed by atoms with van der Waals surface area (Å²) in [5.41, 5.74) is 1.54. The minimum absolute atomic E-state index is 0.464. The van der Waals surface area contributed by atoms with Gasteiger partial charge >= 0.3 is 0 Å². The van der Waals surface area contributed by atoms with E-state index in [1.807, 2.05) is 20.2 Å². The first-order chi connectivity index (χ1) is 13.0. The molecule has 1 heterocycles. The van der Waals surface area contributed by atoms with Gasteiger partial charge in [-0.05, 0) is 50.8 Å². The van der Waals surface area contributed by atoms with Gasteiger partial charge in [-0.15, -0.1) is 0 Å². The molecule has 0 bridgehead atoms. The van der Waals surface area contributed by atoms with Crippen molar-refractivity contribution in [2.45, 2.75) is 6.42 Å². The summed E-state index contributed by atoms with van der Waals surface area (Å²) in [5.74, 6) is -1.16. The van der Waals surface area contributed by atoms with Crippen molar-refractivity contribution in [1.29, 1.82) is 5.26 Å². The monoisotopic (exact) mass is 366 g/mol. The second-order valence-electron chi connectivity index (χ2n) is 6.57. The molecule has 0 radical (unpaired) electrons. The fourth-order valence-corrected chi connectivity index (χ4v) is 3.02. The molecule has 1 aromatic heterocycles. The van der Waals surface area contributed by atoms with Gasteiger partial charge in [0.05, 0.1) is 11.6 Å². The first-order valence-corrected chi connectivity index (χ1v) is 8.67. The highest BCUT2D eigenvalue weighted by atomic mass is 19.2. The van der Waals surface area contributed by atoms with Gasteiger partial charge in [-0.2, -0.15) is 5.26 Å². The van der Waals surface area contributed by atoms with Crippen molar-refractivity contribution in [3.8, 4) is 17.2 Å². The van der Waals surface area contributed by atoms with Gasteiger partial charge in [0.1, 0.15) is 5.82 Å². The summed E-state index contributed by atoms with van der Waals surface area (Å²) in [6, 6.07) is 11.3. The Balaban J connectivity index is 2.07. The summed E-state index contributed by atoms with van der Waals surface area (Å²) in [5, 5.41) is 14.3. The van der Waals surface area contributed by atoms with Crippen molar-refractivity contribution >= 4 is 16.6 Å². The molecule has 3 aromatic rings. The summed E-state index contributed by atoms with van der Waals surface area (Å²) in [7, 11) is 4.03. The maximum absolute atomic E-state index is 13.7. The Kier molecular flexibility index (Phi) is 5.63. The molecule has 0 unspecified atom stereocenters. The number of aromatic nitrogens is 1. The molecule has 6 heteroatoms. The van der Waals surface area contributed by atoms with Crippen LogP contribution >= 0.6 is 0 Å². The zero-order valence-corrected chi connectivity index (χ0v) is 15.3. The lowest BCUT2D eigenvalue weighted by Gasteiger charge is -2.14. The van der Waals surface area contributed by atoms with Crippen LogP contribution < -0.4 is 5.32 Å². The van der Waals surface area contributed by atoms with Crippen LogP contribution in [-0.2, 0) is 0 Å². The van der Waals surface area contributed by atoms with Crippen LogP contribution in [0.1, 0.15) is 12.0 Å². The van der Waals surface area contributed by atoms with Crippen LogP contribution in [0.15, 0.2) is 42.6 Å². The van der Waals surface area contributed by atoms with Crippen molar-refractivity contribution in [1.82, 2.24) is 9.88 Å². The first kappa shape index (κ1) is 18.7. The van der Waals surface area contributed by atoms with Gasteiger partial charge < -0.3 is 10.2 Å². The van der Waals surface area contributed by atoms with Crippen LogP contribution in [0.3, 0.4) is 0 Å². The second-order valence-corrected chi connectivity index (χ2v) is 6.57. The van der Waals surface area contributed by atoms with E-state index in [0.29, 0.717) is 27.9 Å². The largest absolute Gasteiger partial charge is 0.370 e. The lowest BCUT2D eigenvalue weighted by molar-refractivity contribution is 0.405. The van der Waals surface area contributed by atoms with E-state index in [2.05, 4.69) is 21.3 Å². The summed E-state index contributed by atoms with van der Waals surface area (Å²) in [6.07, 6.45) is 2.54. The van der Waals surface area contributed by atoms with Crippen LogP contribution in [0.4, 0.5) is 14.6 Å². The summed E-state index contributed by atoms with van der Waals surface area (Å²) in [4.78, 5) is 6.58. The highest BCUT2D eigenvalue weighted by Gasteiger charge is 2.14. The summed E-state index contributed by atoms with van der Waals surface area (Å²) < 4.78 is 27.0. The molecule has 0 aliphatic carbocycles. The van der Waals surface area contributed by atoms with Gasteiger partial charge in [-0.1, -0.05) is 18.2 Å². The van der Waals surface area contributed by atoms with Crippen LogP contribution in [0.5, 0.6) is 0 Å². The Morgan fingerprint density at radius 2 is 1.96 bits per heavy atom. The molecule has 138 valence electrons. The average Bonchev–Trinajstić information content (AvgIpc) is 2.66. The van der Waals surface area contributed by atoms with Crippen LogP contribution in [0, 0.1) is 23.0 Å². The standard InChI is InChI=1S/C21H20F2N4/c1-27(2)10-4-9-25-21-16-6-3-5-15(12-24)20(16)17(13-26-21)14-7-8-18(22)19(23)11-14/h3,5-8,11,13H,4,9-10H2,1-2H3,(H,25,26). The van der Waals surface area contributed by atoms with E-state index in [9.17, 15) is 14.0 Å². The number of hydrogen-bond acceptors (Lipinski definition) is 4. The van der Waals surface area contributed by atoms with Gasteiger partial charge in [-0.3, -0.25) is 0 Å². The molecule has 0 amide bonds. The topological polar surface area (TPSA) is 52.0 Å². The fraction of sp³-hybridized carbons (Fsp3) is 0.238. The number of hydrogen-bond donors (Lipinski definition) is 1. The molecule has 1 N–H and O–H groups in total. The molecule has 4 nitrogen and oxygen atoms in total. The Morgan fingerprint density at radius 3 is 2.67 bits per heavy atom. The number of pyridine rings is 1. The molecule has 27 heavy (non-hydrogen) atoms. The highest BCUT2D eigenvalue weighted by Crippen LogP contribution is 2.34. The average molecular weight is 366 g/mol. The maximum Gasteiger partial charge on any atom is 0.159 e. The third kappa shape index (κ3) is 4.04. The minimum atomic E-state index is -0.930. The molecular weight excluding hydrogens is 346 g/mol. The lowest BCUT2D eigenvalue weighted by Crippen LogP contribution is -2.16. The van der Waals surface area contributed by atoms with Gasteiger partial charge in [0.25, 0.3) is 0 Å². The van der Waals surface area contributed by atoms with Crippen LogP contribution in [0.2, 0.25) is 0 Å². The number of fused-ring (bicyclic) bond motifs is 1. The molecule has 2 aromatic carbocycles. The van der Waals surface area contributed by atoms with E-state index in [1.165, 1.54) is 6.07 Å². The summed E-state index contributed by atoms with van der Waals surface area (Å²) >= 11 is 0. The number of nitrogens with zero attached hydrogens (tertiary/aromatic N) is 3. The fourth-order valence-electron chi connectivity index (χ4n) is 3.02. The predicted molar refractivity (Wildman–Crippen MR) is 103 cm³/mol. The molecule has 0 aliphatic heterocycles.